The summed E-state index contributed by atoms with van der Waals surface area (Å²) >= 11 is 0. The van der Waals surface area contributed by atoms with Crippen molar-refractivity contribution in [1.82, 2.24) is 0 Å². The Kier molecular flexibility index (Phi) is 63.4. The zero-order valence-electron chi connectivity index (χ0n) is 60.7. The first-order valence-corrected chi connectivity index (χ1v) is 41.3. The Bertz CT molecular complexity index is 1820. The fraction of sp³-hybridized carbons (Fsp3) is 0.946. The highest BCUT2D eigenvalue weighted by Gasteiger charge is 2.30. The molecule has 3 N–H and O–H groups in total. The fourth-order valence-corrected chi connectivity index (χ4v) is 12.8. The summed E-state index contributed by atoms with van der Waals surface area (Å²) in [6.45, 7) is 11.9. The lowest BCUT2D eigenvalue weighted by atomic mass is 10.0. The molecule has 552 valence electrons. The van der Waals surface area contributed by atoms with Gasteiger partial charge in [0.05, 0.1) is 26.4 Å². The Morgan fingerprint density at radius 3 is 0.731 bits per heavy atom. The van der Waals surface area contributed by atoms with E-state index in [0.717, 1.165) is 108 Å². The molecule has 2 unspecified atom stereocenters. The van der Waals surface area contributed by atoms with E-state index in [1.165, 1.54) is 186 Å². The third kappa shape index (κ3) is 68.4. The van der Waals surface area contributed by atoms with Gasteiger partial charge in [-0.3, -0.25) is 37.3 Å². The number of rotatable bonds is 72. The van der Waals surface area contributed by atoms with E-state index in [2.05, 4.69) is 48.5 Å². The molecule has 93 heavy (non-hydrogen) atoms. The number of hydrogen-bond donors (Lipinski definition) is 3. The summed E-state index contributed by atoms with van der Waals surface area (Å²) in [7, 11) is -9.91. The van der Waals surface area contributed by atoms with Gasteiger partial charge in [0.2, 0.25) is 0 Å². The van der Waals surface area contributed by atoms with Gasteiger partial charge in [0, 0.05) is 25.7 Å². The van der Waals surface area contributed by atoms with E-state index in [-0.39, 0.29) is 25.7 Å². The van der Waals surface area contributed by atoms with E-state index in [1.54, 1.807) is 0 Å². The minimum absolute atomic E-state index is 0.105. The Morgan fingerprint density at radius 1 is 0.290 bits per heavy atom. The van der Waals surface area contributed by atoms with Crippen molar-refractivity contribution in [3.8, 4) is 0 Å². The predicted octanol–water partition coefficient (Wildman–Crippen LogP) is 21.4. The van der Waals surface area contributed by atoms with Crippen LogP contribution in [0.3, 0.4) is 0 Å². The molecule has 0 aromatic rings. The van der Waals surface area contributed by atoms with Crippen molar-refractivity contribution in [2.45, 2.75) is 394 Å². The average molecular weight is 1370 g/mol. The molecule has 0 aliphatic rings. The summed E-state index contributed by atoms with van der Waals surface area (Å²) in [6, 6.07) is 0. The van der Waals surface area contributed by atoms with Crippen LogP contribution in [0.25, 0.3) is 0 Å². The topological polar surface area (TPSA) is 237 Å². The zero-order chi connectivity index (χ0) is 68.7. The van der Waals surface area contributed by atoms with E-state index in [1.807, 2.05) is 0 Å². The van der Waals surface area contributed by atoms with Crippen LogP contribution in [0.1, 0.15) is 376 Å². The lowest BCUT2D eigenvalue weighted by molar-refractivity contribution is -0.161. The number of hydrogen-bond acceptors (Lipinski definition) is 15. The molecule has 0 spiro atoms. The van der Waals surface area contributed by atoms with Gasteiger partial charge in [-0.2, -0.15) is 0 Å². The van der Waals surface area contributed by atoms with Gasteiger partial charge in [-0.05, 0) is 43.4 Å². The quantitative estimate of drug-likeness (QED) is 0.0222. The minimum Gasteiger partial charge on any atom is -0.462 e. The Hall–Kier alpha value is -1.94. The largest absolute Gasteiger partial charge is 0.472 e. The van der Waals surface area contributed by atoms with Crippen LogP contribution in [-0.4, -0.2) is 96.7 Å². The molecule has 0 saturated heterocycles. The van der Waals surface area contributed by atoms with E-state index in [4.69, 9.17) is 37.0 Å². The third-order valence-electron chi connectivity index (χ3n) is 17.1. The smallest absolute Gasteiger partial charge is 0.462 e. The number of carbonyl (C=O) groups excluding carboxylic acids is 4. The molecule has 19 heteroatoms. The van der Waals surface area contributed by atoms with Crippen LogP contribution in [0.15, 0.2) is 0 Å². The summed E-state index contributed by atoms with van der Waals surface area (Å²) in [5.41, 5.74) is 0. The predicted molar refractivity (Wildman–Crippen MR) is 377 cm³/mol. The van der Waals surface area contributed by atoms with Crippen LogP contribution in [0.4, 0.5) is 0 Å². The van der Waals surface area contributed by atoms with Crippen LogP contribution < -0.4 is 0 Å². The number of unbranched alkanes of at least 4 members (excludes halogenated alkanes) is 40. The van der Waals surface area contributed by atoms with Crippen molar-refractivity contribution < 1.29 is 80.2 Å². The number of phosphoric acid groups is 2. The first kappa shape index (κ1) is 91.1. The van der Waals surface area contributed by atoms with Crippen molar-refractivity contribution in [3.05, 3.63) is 0 Å². The van der Waals surface area contributed by atoms with Crippen LogP contribution in [0.5, 0.6) is 0 Å². The molecule has 5 atom stereocenters. The number of aliphatic hydroxyl groups excluding tert-OH is 1. The van der Waals surface area contributed by atoms with Gasteiger partial charge < -0.3 is 33.8 Å². The van der Waals surface area contributed by atoms with E-state index in [9.17, 15) is 43.2 Å². The van der Waals surface area contributed by atoms with Crippen molar-refractivity contribution in [1.29, 1.82) is 0 Å². The molecule has 0 aliphatic carbocycles. The molecular formula is C74H144O17P2. The van der Waals surface area contributed by atoms with Gasteiger partial charge >= 0.3 is 39.5 Å². The molecule has 0 radical (unpaired) electrons. The molecule has 17 nitrogen and oxygen atoms in total. The summed E-state index contributed by atoms with van der Waals surface area (Å²) in [5, 5.41) is 10.6. The Balaban J connectivity index is 5.24. The lowest BCUT2D eigenvalue weighted by Gasteiger charge is -2.21. The van der Waals surface area contributed by atoms with Crippen LogP contribution in [0.2, 0.25) is 0 Å². The highest BCUT2D eigenvalue weighted by molar-refractivity contribution is 7.47. The Morgan fingerprint density at radius 2 is 0.495 bits per heavy atom. The molecule has 0 aromatic carbocycles. The summed E-state index contributed by atoms with van der Waals surface area (Å²) < 4.78 is 68.4. The number of carbonyl (C=O) groups is 4. The molecule has 0 heterocycles. The van der Waals surface area contributed by atoms with Gasteiger partial charge in [-0.25, -0.2) is 9.13 Å². The number of phosphoric ester groups is 2. The van der Waals surface area contributed by atoms with Crippen molar-refractivity contribution >= 4 is 39.5 Å². The summed E-state index contributed by atoms with van der Waals surface area (Å²) in [5.74, 6) is 0.177. The number of esters is 4. The molecule has 0 amide bonds. The second-order valence-electron chi connectivity index (χ2n) is 28.1. The van der Waals surface area contributed by atoms with E-state index >= 15 is 0 Å². The second-order valence-corrected chi connectivity index (χ2v) is 31.0. The Labute approximate surface area is 568 Å². The van der Waals surface area contributed by atoms with Crippen LogP contribution >= 0.6 is 15.6 Å². The first-order valence-electron chi connectivity index (χ1n) is 38.3. The van der Waals surface area contributed by atoms with E-state index in [0.29, 0.717) is 25.7 Å². The fourth-order valence-electron chi connectivity index (χ4n) is 11.2. The average Bonchev–Trinajstić information content (AvgIpc) is 2.27. The van der Waals surface area contributed by atoms with E-state index < -0.39 is 97.5 Å². The van der Waals surface area contributed by atoms with Crippen molar-refractivity contribution in [3.63, 3.8) is 0 Å². The number of aliphatic hydroxyl groups is 1. The molecule has 0 aliphatic heterocycles. The van der Waals surface area contributed by atoms with Gasteiger partial charge in [-0.15, -0.1) is 0 Å². The standard InChI is InChI=1S/C74H144O17P2/c1-8-9-10-11-12-13-27-34-41-48-55-71(76)84-61-70(91-74(79)58-51-44-37-30-23-26-33-40-47-54-67(6)7)64-89-93(82,83)87-60-68(75)59-86-92(80,81)88-63-69(62-85-72(77)56-49-42-35-28-22-21-25-32-39-46-53-66(4)5)90-73(78)57-50-43-36-29-20-18-16-14-15-17-19-24-31-38-45-52-65(2)3/h65-70,75H,8-64H2,1-7H3,(H,80,81)(H,82,83)/t68-,69-,70-/m1/s1. The molecular weight excluding hydrogens is 1220 g/mol. The maximum atomic E-state index is 13.1. The van der Waals surface area contributed by atoms with Gasteiger partial charge in [0.1, 0.15) is 19.3 Å². The summed E-state index contributed by atoms with van der Waals surface area (Å²) in [4.78, 5) is 72.7. The third-order valence-corrected chi connectivity index (χ3v) is 19.0. The van der Waals surface area contributed by atoms with Crippen molar-refractivity contribution in [2.24, 2.45) is 17.8 Å². The lowest BCUT2D eigenvalue weighted by Crippen LogP contribution is -2.30. The first-order chi connectivity index (χ1) is 44.7. The molecule has 0 bridgehead atoms. The van der Waals surface area contributed by atoms with Crippen molar-refractivity contribution in [2.75, 3.05) is 39.6 Å². The normalized spacial score (nSPS) is 14.1. The molecule has 0 rings (SSSR count). The maximum absolute atomic E-state index is 13.1. The summed E-state index contributed by atoms with van der Waals surface area (Å²) in [6.07, 6.45) is 49.9. The highest BCUT2D eigenvalue weighted by atomic mass is 31.2. The second kappa shape index (κ2) is 64.7. The molecule has 0 saturated carbocycles. The van der Waals surface area contributed by atoms with Crippen LogP contribution in [-0.2, 0) is 65.4 Å². The number of ether oxygens (including phenoxy) is 4. The van der Waals surface area contributed by atoms with Gasteiger partial charge in [-0.1, -0.05) is 325 Å². The van der Waals surface area contributed by atoms with Gasteiger partial charge in [0.25, 0.3) is 0 Å². The molecule has 0 aromatic heterocycles. The zero-order valence-corrected chi connectivity index (χ0v) is 62.5. The minimum atomic E-state index is -4.96. The molecule has 0 fully saturated rings. The highest BCUT2D eigenvalue weighted by Crippen LogP contribution is 2.45. The monoisotopic (exact) mass is 1370 g/mol. The maximum Gasteiger partial charge on any atom is 0.472 e. The SMILES string of the molecule is CCCCCCCCCCCCC(=O)OC[C@H](COP(=O)(O)OC[C@H](O)COP(=O)(O)OC[C@@H](COC(=O)CCCCCCCCCCCCC(C)C)OC(=O)CCCCCCCCCCCCCCCCCC(C)C)OC(=O)CCCCCCCCCCCC(C)C. The van der Waals surface area contributed by atoms with Crippen LogP contribution in [0, 0.1) is 17.8 Å². The van der Waals surface area contributed by atoms with Gasteiger partial charge in [0.15, 0.2) is 12.2 Å².